The number of carbonyl (C=O) groups is 1. The molecule has 0 bridgehead atoms. The van der Waals surface area contributed by atoms with E-state index in [0.717, 1.165) is 19.3 Å². The molecule has 0 aromatic carbocycles. The van der Waals surface area contributed by atoms with E-state index in [9.17, 15) is 19.4 Å². The Morgan fingerprint density at radius 1 is 0.846 bits per heavy atom. The number of aliphatic hydroxyl groups is 3. The molecule has 0 aliphatic carbocycles. The number of quaternary nitrogens is 1. The number of aliphatic hydroxyl groups excluding tert-OH is 2. The van der Waals surface area contributed by atoms with Gasteiger partial charge in [0.25, 0.3) is 0 Å². The molecule has 0 saturated heterocycles. The van der Waals surface area contributed by atoms with Gasteiger partial charge in [-0.05, 0) is 32.1 Å². The molecule has 0 amide bonds. The second-order valence-electron chi connectivity index (χ2n) is 11.2. The molecule has 0 radical (unpaired) electrons. The summed E-state index contributed by atoms with van der Waals surface area (Å²) in [5.41, 5.74) is 0. The predicted molar refractivity (Wildman–Crippen MR) is 156 cm³/mol. The second-order valence-corrected chi connectivity index (χ2v) is 13.2. The summed E-state index contributed by atoms with van der Waals surface area (Å²) in [6.07, 6.45) is 18.0. The Kier molecular flexibility index (Phi) is 22.4. The fourth-order valence-electron chi connectivity index (χ4n) is 4.65. The zero-order valence-electron chi connectivity index (χ0n) is 25.1. The highest BCUT2D eigenvalue weighted by atomic mass is 31.2. The SMILES string of the molecule is CCCCCCCCCCC/C=C\CCCCC(=O)OC[C@@H](O)COP(=O)(O)C(CC)[N+](C)(C)CCC(O)O. The summed E-state index contributed by atoms with van der Waals surface area (Å²) in [7, 11) is -0.696. The van der Waals surface area contributed by atoms with E-state index >= 15 is 0 Å². The zero-order chi connectivity index (χ0) is 29.6. The van der Waals surface area contributed by atoms with E-state index in [-0.39, 0.29) is 30.5 Å². The first kappa shape index (κ1) is 38.2. The Bertz CT molecular complexity index is 686. The standard InChI is InChI=1S/C29H58NO8P/c1-5-7-8-9-10-11-12-13-14-15-16-17-18-19-20-21-29(34)37-24-26(31)25-38-39(35,36)27(6-2)30(3,4)23-22-28(32)33/h16-17,26-28,31-33H,5-15,18-25H2,1-4H3/p+1/b17-16-/t26-,27?/m1/s1. The van der Waals surface area contributed by atoms with Gasteiger partial charge in [0.1, 0.15) is 12.7 Å². The van der Waals surface area contributed by atoms with Gasteiger partial charge >= 0.3 is 13.6 Å². The van der Waals surface area contributed by atoms with Gasteiger partial charge < -0.3 is 34.0 Å². The first-order chi connectivity index (χ1) is 18.5. The molecule has 0 rings (SSSR count). The van der Waals surface area contributed by atoms with Crippen LogP contribution in [0.2, 0.25) is 0 Å². The quantitative estimate of drug-likeness (QED) is 0.0258. The van der Waals surface area contributed by atoms with Gasteiger partial charge in [0.2, 0.25) is 0 Å². The normalized spacial score (nSPS) is 15.5. The fraction of sp³-hybridized carbons (Fsp3) is 0.897. The number of rotatable bonds is 26. The third kappa shape index (κ3) is 20.7. The lowest BCUT2D eigenvalue weighted by Crippen LogP contribution is -2.50. The van der Waals surface area contributed by atoms with E-state index in [4.69, 9.17) is 19.5 Å². The zero-order valence-corrected chi connectivity index (χ0v) is 26.0. The van der Waals surface area contributed by atoms with E-state index in [1.165, 1.54) is 57.8 Å². The maximum absolute atomic E-state index is 12.8. The predicted octanol–water partition coefficient (Wildman–Crippen LogP) is 5.64. The van der Waals surface area contributed by atoms with E-state index in [2.05, 4.69) is 19.1 Å². The van der Waals surface area contributed by atoms with Crippen LogP contribution < -0.4 is 0 Å². The molecule has 0 aliphatic rings. The van der Waals surface area contributed by atoms with Gasteiger partial charge in [-0.15, -0.1) is 0 Å². The monoisotopic (exact) mass is 580 g/mol. The summed E-state index contributed by atoms with van der Waals surface area (Å²) >= 11 is 0. The number of carbonyl (C=O) groups excluding carboxylic acids is 1. The molecule has 0 saturated carbocycles. The molecule has 0 fully saturated rings. The minimum atomic E-state index is -4.13. The van der Waals surface area contributed by atoms with Crippen LogP contribution in [0.4, 0.5) is 0 Å². The number of allylic oxidation sites excluding steroid dienone is 2. The van der Waals surface area contributed by atoms with Crippen molar-refractivity contribution in [2.45, 2.75) is 135 Å². The molecule has 0 aliphatic heterocycles. The van der Waals surface area contributed by atoms with Gasteiger partial charge in [0, 0.05) is 19.3 Å². The van der Waals surface area contributed by atoms with Gasteiger partial charge in [-0.25, -0.2) is 0 Å². The lowest BCUT2D eigenvalue weighted by Gasteiger charge is -2.39. The van der Waals surface area contributed by atoms with Crippen molar-refractivity contribution in [3.8, 4) is 0 Å². The van der Waals surface area contributed by atoms with Crippen LogP contribution in [0.5, 0.6) is 0 Å². The molecule has 0 aromatic heterocycles. The highest BCUT2D eigenvalue weighted by Crippen LogP contribution is 2.52. The van der Waals surface area contributed by atoms with Crippen LogP contribution in [0.3, 0.4) is 0 Å². The van der Waals surface area contributed by atoms with Crippen LogP contribution in [0.25, 0.3) is 0 Å². The fourth-order valence-corrected chi connectivity index (χ4v) is 6.57. The summed E-state index contributed by atoms with van der Waals surface area (Å²) in [6, 6.07) is 0. The molecule has 0 spiro atoms. The number of hydrogen-bond acceptors (Lipinski definition) is 7. The summed E-state index contributed by atoms with van der Waals surface area (Å²) < 4.78 is 23.1. The minimum Gasteiger partial charge on any atom is -0.463 e. The van der Waals surface area contributed by atoms with Crippen LogP contribution >= 0.6 is 7.60 Å². The number of esters is 1. The molecule has 0 aromatic rings. The molecule has 4 N–H and O–H groups in total. The molecule has 10 heteroatoms. The lowest BCUT2D eigenvalue weighted by molar-refractivity contribution is -0.903. The van der Waals surface area contributed by atoms with Crippen molar-refractivity contribution >= 4 is 13.6 Å². The summed E-state index contributed by atoms with van der Waals surface area (Å²) in [5, 5.41) is 28.3. The van der Waals surface area contributed by atoms with Gasteiger partial charge in [0.05, 0.1) is 27.2 Å². The van der Waals surface area contributed by atoms with Gasteiger partial charge in [-0.1, -0.05) is 77.4 Å². The topological polar surface area (TPSA) is 134 Å². The first-order valence-electron chi connectivity index (χ1n) is 15.1. The van der Waals surface area contributed by atoms with Crippen molar-refractivity contribution in [3.63, 3.8) is 0 Å². The van der Waals surface area contributed by atoms with Gasteiger partial charge in [-0.2, -0.15) is 0 Å². The molecular formula is C29H59NO8P+. The highest BCUT2D eigenvalue weighted by Gasteiger charge is 2.43. The van der Waals surface area contributed by atoms with E-state index < -0.39 is 38.3 Å². The minimum absolute atomic E-state index is 0.0533. The number of ether oxygens (including phenoxy) is 1. The molecule has 3 atom stereocenters. The molecular weight excluding hydrogens is 521 g/mol. The Morgan fingerprint density at radius 3 is 1.92 bits per heavy atom. The van der Waals surface area contributed by atoms with Crippen molar-refractivity contribution in [3.05, 3.63) is 12.2 Å². The molecule has 2 unspecified atom stereocenters. The smallest absolute Gasteiger partial charge is 0.385 e. The second kappa shape index (κ2) is 22.8. The first-order valence-corrected chi connectivity index (χ1v) is 16.7. The lowest BCUT2D eigenvalue weighted by atomic mass is 10.1. The van der Waals surface area contributed by atoms with E-state index in [0.29, 0.717) is 12.8 Å². The number of nitrogens with zero attached hydrogens (tertiary/aromatic N) is 1. The van der Waals surface area contributed by atoms with Crippen LogP contribution in [0.15, 0.2) is 12.2 Å². The summed E-state index contributed by atoms with van der Waals surface area (Å²) in [5.74, 6) is -1.21. The largest absolute Gasteiger partial charge is 0.463 e. The summed E-state index contributed by atoms with van der Waals surface area (Å²) in [6.45, 7) is 3.52. The van der Waals surface area contributed by atoms with Crippen molar-refractivity contribution < 1.29 is 43.3 Å². The Balaban J connectivity index is 3.97. The molecule has 9 nitrogen and oxygen atoms in total. The van der Waals surface area contributed by atoms with Crippen molar-refractivity contribution in [1.29, 1.82) is 0 Å². The molecule has 39 heavy (non-hydrogen) atoms. The van der Waals surface area contributed by atoms with Crippen LogP contribution in [0, 0.1) is 0 Å². The van der Waals surface area contributed by atoms with Crippen molar-refractivity contribution in [1.82, 2.24) is 0 Å². The Labute approximate surface area is 237 Å². The average Bonchev–Trinajstić information content (AvgIpc) is 2.87. The number of unbranched alkanes of at least 4 members (excludes halogenated alkanes) is 11. The van der Waals surface area contributed by atoms with Crippen LogP contribution in [-0.2, 0) is 18.6 Å². The average molecular weight is 581 g/mol. The van der Waals surface area contributed by atoms with E-state index in [1.807, 2.05) is 0 Å². The summed E-state index contributed by atoms with van der Waals surface area (Å²) in [4.78, 5) is 22.4. The Hall–Kier alpha value is -0.800. The van der Waals surface area contributed by atoms with E-state index in [1.54, 1.807) is 21.0 Å². The Morgan fingerprint density at radius 2 is 1.38 bits per heavy atom. The maximum Gasteiger partial charge on any atom is 0.385 e. The van der Waals surface area contributed by atoms with Crippen LogP contribution in [-0.4, -0.2) is 82.7 Å². The molecule has 232 valence electrons. The number of hydrogen-bond donors (Lipinski definition) is 4. The van der Waals surface area contributed by atoms with Crippen LogP contribution in [0.1, 0.15) is 117 Å². The highest BCUT2D eigenvalue weighted by molar-refractivity contribution is 7.53. The van der Waals surface area contributed by atoms with Crippen molar-refractivity contribution in [2.75, 3.05) is 33.9 Å². The third-order valence-corrected chi connectivity index (χ3v) is 9.31. The van der Waals surface area contributed by atoms with Crippen molar-refractivity contribution in [2.24, 2.45) is 0 Å². The third-order valence-electron chi connectivity index (χ3n) is 7.04. The van der Waals surface area contributed by atoms with Gasteiger partial charge in [-0.3, -0.25) is 9.36 Å². The maximum atomic E-state index is 12.8. The van der Waals surface area contributed by atoms with Gasteiger partial charge in [0.15, 0.2) is 12.1 Å². The molecule has 0 heterocycles.